The highest BCUT2D eigenvalue weighted by Gasteiger charge is 2.15. The zero-order chi connectivity index (χ0) is 14.7. The van der Waals surface area contributed by atoms with Crippen molar-refractivity contribution in [1.29, 1.82) is 0 Å². The summed E-state index contributed by atoms with van der Waals surface area (Å²) >= 11 is 6.63. The maximum atomic E-state index is 11.3. The van der Waals surface area contributed by atoms with Crippen molar-refractivity contribution in [3.63, 3.8) is 0 Å². The summed E-state index contributed by atoms with van der Waals surface area (Å²) in [7, 11) is 1.82. The molecule has 0 unspecified atom stereocenters. The van der Waals surface area contributed by atoms with E-state index in [0.717, 1.165) is 10.0 Å². The molecule has 2 aromatic rings. The van der Waals surface area contributed by atoms with Crippen molar-refractivity contribution in [3.8, 4) is 0 Å². The normalized spacial score (nSPS) is 10.3. The Labute approximate surface area is 133 Å². The Balaban J connectivity index is 2.27. The van der Waals surface area contributed by atoms with E-state index in [9.17, 15) is 9.90 Å². The van der Waals surface area contributed by atoms with Gasteiger partial charge in [-0.1, -0.05) is 28.1 Å². The lowest BCUT2D eigenvalue weighted by molar-refractivity contribution is 0.0697. The third-order valence-electron chi connectivity index (χ3n) is 2.76. The number of carbonyl (C=O) groups is 1. The van der Waals surface area contributed by atoms with Gasteiger partial charge in [-0.2, -0.15) is 0 Å². The van der Waals surface area contributed by atoms with Gasteiger partial charge in [0.15, 0.2) is 0 Å². The van der Waals surface area contributed by atoms with Gasteiger partial charge in [0.2, 0.25) is 0 Å². The van der Waals surface area contributed by atoms with Crippen LogP contribution in [0.5, 0.6) is 0 Å². The molecule has 0 aliphatic rings. The number of rotatable bonds is 4. The molecule has 1 heterocycles. The molecule has 2 rings (SSSR count). The molecule has 1 aromatic carbocycles. The molecule has 0 aliphatic carbocycles. The number of hydrogen-bond donors (Lipinski definition) is 1. The van der Waals surface area contributed by atoms with Crippen LogP contribution in [-0.4, -0.2) is 23.1 Å². The summed E-state index contributed by atoms with van der Waals surface area (Å²) in [6.45, 7) is 0.586. The molecule has 1 aromatic heterocycles. The average molecular weight is 400 g/mol. The van der Waals surface area contributed by atoms with E-state index in [0.29, 0.717) is 16.8 Å². The third kappa shape index (κ3) is 3.58. The maximum Gasteiger partial charge on any atom is 0.339 e. The summed E-state index contributed by atoms with van der Waals surface area (Å²) in [5, 5.41) is 9.25. The van der Waals surface area contributed by atoms with Crippen LogP contribution in [-0.2, 0) is 6.54 Å². The molecule has 104 valence electrons. The number of pyridine rings is 1. The molecule has 20 heavy (non-hydrogen) atoms. The molecule has 0 radical (unpaired) electrons. The minimum Gasteiger partial charge on any atom is -0.478 e. The first-order valence-electron chi connectivity index (χ1n) is 5.82. The molecule has 0 amide bonds. The summed E-state index contributed by atoms with van der Waals surface area (Å²) in [6.07, 6.45) is 1.60. The van der Waals surface area contributed by atoms with Crippen LogP contribution in [0.15, 0.2) is 45.5 Å². The number of carboxylic acids is 1. The zero-order valence-electron chi connectivity index (χ0n) is 10.7. The molecule has 6 heteroatoms. The van der Waals surface area contributed by atoms with Gasteiger partial charge >= 0.3 is 5.97 Å². The van der Waals surface area contributed by atoms with E-state index >= 15 is 0 Å². The standard InChI is InChI=1S/C14H12Br2N2O2/c1-18(8-9-2-4-10(15)5-3-9)13-12(14(19)20)6-11(16)7-17-13/h2-7H,8H2,1H3,(H,19,20). The lowest BCUT2D eigenvalue weighted by atomic mass is 10.2. The van der Waals surface area contributed by atoms with Crippen molar-refractivity contribution in [1.82, 2.24) is 4.98 Å². The Bertz CT molecular complexity index is 630. The second-order valence-corrected chi connectivity index (χ2v) is 6.14. The lowest BCUT2D eigenvalue weighted by Gasteiger charge is -2.20. The number of benzene rings is 1. The van der Waals surface area contributed by atoms with Crippen molar-refractivity contribution >= 4 is 43.6 Å². The largest absolute Gasteiger partial charge is 0.478 e. The van der Waals surface area contributed by atoms with E-state index in [1.54, 1.807) is 12.3 Å². The van der Waals surface area contributed by atoms with Crippen LogP contribution in [0.4, 0.5) is 5.82 Å². The van der Waals surface area contributed by atoms with Crippen LogP contribution in [0.25, 0.3) is 0 Å². The van der Waals surface area contributed by atoms with Crippen LogP contribution in [0.2, 0.25) is 0 Å². The Morgan fingerprint density at radius 3 is 2.50 bits per heavy atom. The molecule has 0 spiro atoms. The number of halogens is 2. The molecule has 4 nitrogen and oxygen atoms in total. The number of carboxylic acid groups (broad SMARTS) is 1. The molecule has 0 saturated carbocycles. The van der Waals surface area contributed by atoms with Gasteiger partial charge in [-0.15, -0.1) is 0 Å². The Hall–Kier alpha value is -1.40. The predicted octanol–water partition coefficient (Wildman–Crippen LogP) is 3.94. The molecule has 0 atom stereocenters. The lowest BCUT2D eigenvalue weighted by Crippen LogP contribution is -2.20. The smallest absolute Gasteiger partial charge is 0.339 e. The van der Waals surface area contributed by atoms with Crippen molar-refractivity contribution in [3.05, 3.63) is 56.6 Å². The van der Waals surface area contributed by atoms with Gasteiger partial charge in [-0.3, -0.25) is 0 Å². The molecule has 0 aliphatic heterocycles. The Morgan fingerprint density at radius 1 is 1.25 bits per heavy atom. The summed E-state index contributed by atoms with van der Waals surface area (Å²) in [5.41, 5.74) is 1.26. The summed E-state index contributed by atoms with van der Waals surface area (Å²) in [5.74, 6) is -0.542. The van der Waals surface area contributed by atoms with E-state index < -0.39 is 5.97 Å². The van der Waals surface area contributed by atoms with Crippen molar-refractivity contribution < 1.29 is 9.90 Å². The van der Waals surface area contributed by atoms with Crippen LogP contribution in [0, 0.1) is 0 Å². The SMILES string of the molecule is CN(Cc1ccc(Br)cc1)c1ncc(Br)cc1C(=O)O. The van der Waals surface area contributed by atoms with Crippen molar-refractivity contribution in [2.75, 3.05) is 11.9 Å². The second-order valence-electron chi connectivity index (χ2n) is 4.31. The van der Waals surface area contributed by atoms with Gasteiger partial charge in [-0.25, -0.2) is 9.78 Å². The fourth-order valence-electron chi connectivity index (χ4n) is 1.83. The van der Waals surface area contributed by atoms with E-state index in [4.69, 9.17) is 0 Å². The number of hydrogen-bond acceptors (Lipinski definition) is 3. The fourth-order valence-corrected chi connectivity index (χ4v) is 2.43. The molecular formula is C14H12Br2N2O2. The van der Waals surface area contributed by atoms with Gasteiger partial charge in [0.05, 0.1) is 0 Å². The predicted molar refractivity (Wildman–Crippen MR) is 85.1 cm³/mol. The first kappa shape index (κ1) is 15.0. The van der Waals surface area contributed by atoms with Gasteiger partial charge in [0, 0.05) is 28.7 Å². The Morgan fingerprint density at radius 2 is 1.90 bits per heavy atom. The van der Waals surface area contributed by atoms with Crippen LogP contribution in [0.3, 0.4) is 0 Å². The monoisotopic (exact) mass is 398 g/mol. The number of aromatic carboxylic acids is 1. The van der Waals surface area contributed by atoms with E-state index in [1.807, 2.05) is 36.2 Å². The third-order valence-corrected chi connectivity index (χ3v) is 3.72. The molecule has 1 N–H and O–H groups in total. The molecular weight excluding hydrogens is 388 g/mol. The van der Waals surface area contributed by atoms with Crippen LogP contribution in [0.1, 0.15) is 15.9 Å². The highest BCUT2D eigenvalue weighted by Crippen LogP contribution is 2.22. The highest BCUT2D eigenvalue weighted by atomic mass is 79.9. The van der Waals surface area contributed by atoms with Gasteiger partial charge in [0.25, 0.3) is 0 Å². The summed E-state index contributed by atoms with van der Waals surface area (Å²) < 4.78 is 1.66. The van der Waals surface area contributed by atoms with E-state index in [1.165, 1.54) is 0 Å². The first-order chi connectivity index (χ1) is 9.47. The number of anilines is 1. The topological polar surface area (TPSA) is 53.4 Å². The minimum absolute atomic E-state index is 0.180. The summed E-state index contributed by atoms with van der Waals surface area (Å²) in [6, 6.07) is 9.44. The maximum absolute atomic E-state index is 11.3. The van der Waals surface area contributed by atoms with Gasteiger partial charge in [0.1, 0.15) is 11.4 Å². The molecule has 0 saturated heterocycles. The zero-order valence-corrected chi connectivity index (χ0v) is 13.8. The minimum atomic E-state index is -0.989. The van der Waals surface area contributed by atoms with E-state index in [-0.39, 0.29) is 5.56 Å². The average Bonchev–Trinajstić information content (AvgIpc) is 2.41. The Kier molecular flexibility index (Phi) is 4.77. The van der Waals surface area contributed by atoms with Crippen molar-refractivity contribution in [2.45, 2.75) is 6.54 Å². The van der Waals surface area contributed by atoms with Gasteiger partial charge < -0.3 is 10.0 Å². The van der Waals surface area contributed by atoms with Gasteiger partial charge in [-0.05, 0) is 39.7 Å². The van der Waals surface area contributed by atoms with E-state index in [2.05, 4.69) is 36.8 Å². The molecule has 0 fully saturated rings. The van der Waals surface area contributed by atoms with Crippen LogP contribution < -0.4 is 4.90 Å². The van der Waals surface area contributed by atoms with Crippen LogP contribution >= 0.6 is 31.9 Å². The summed E-state index contributed by atoms with van der Waals surface area (Å²) in [4.78, 5) is 17.3. The number of aromatic nitrogens is 1. The first-order valence-corrected chi connectivity index (χ1v) is 7.40. The second kappa shape index (κ2) is 6.37. The quantitative estimate of drug-likeness (QED) is 0.845. The highest BCUT2D eigenvalue weighted by molar-refractivity contribution is 9.10. The molecule has 0 bridgehead atoms. The van der Waals surface area contributed by atoms with Crippen molar-refractivity contribution in [2.24, 2.45) is 0 Å². The fraction of sp³-hybridized carbons (Fsp3) is 0.143. The number of nitrogens with zero attached hydrogens (tertiary/aromatic N) is 2.